The monoisotopic (exact) mass is 304 g/mol. The van der Waals surface area contributed by atoms with Crippen LogP contribution in [0.3, 0.4) is 0 Å². The first-order valence-electron chi connectivity index (χ1n) is 5.07. The van der Waals surface area contributed by atoms with E-state index in [4.69, 9.17) is 34.8 Å². The van der Waals surface area contributed by atoms with Crippen LogP contribution in [0.25, 0.3) is 0 Å². The Morgan fingerprint density at radius 1 is 0.944 bits per heavy atom. The van der Waals surface area contributed by atoms with E-state index in [-0.39, 0.29) is 10.6 Å². The molecule has 0 amide bonds. The number of hydrogen-bond acceptors (Lipinski definition) is 1. The molecule has 1 nitrogen and oxygen atoms in total. The zero-order valence-electron chi connectivity index (χ0n) is 9.00. The Bertz CT molecular complexity index is 566. The third kappa shape index (κ3) is 2.62. The van der Waals surface area contributed by atoms with Crippen LogP contribution in [0.1, 0.15) is 17.2 Å². The summed E-state index contributed by atoms with van der Waals surface area (Å²) in [5, 5.41) is 11.1. The number of aliphatic hydroxyl groups is 1. The van der Waals surface area contributed by atoms with Crippen molar-refractivity contribution in [2.45, 2.75) is 6.10 Å². The molecular formula is C13H8Cl3FO. The van der Waals surface area contributed by atoms with E-state index in [9.17, 15) is 9.50 Å². The lowest BCUT2D eigenvalue weighted by Crippen LogP contribution is -2.03. The highest BCUT2D eigenvalue weighted by atomic mass is 35.5. The molecule has 0 saturated carbocycles. The summed E-state index contributed by atoms with van der Waals surface area (Å²) >= 11 is 17.9. The minimum atomic E-state index is -1.17. The zero-order chi connectivity index (χ0) is 13.3. The van der Waals surface area contributed by atoms with Crippen molar-refractivity contribution >= 4 is 34.8 Å². The van der Waals surface area contributed by atoms with Gasteiger partial charge in [-0.1, -0.05) is 40.9 Å². The van der Waals surface area contributed by atoms with Gasteiger partial charge in [-0.25, -0.2) is 4.39 Å². The van der Waals surface area contributed by atoms with Gasteiger partial charge < -0.3 is 5.11 Å². The molecule has 94 valence electrons. The number of benzene rings is 2. The average molecular weight is 306 g/mol. The molecule has 0 fully saturated rings. The smallest absolute Gasteiger partial charge is 0.123 e. The number of halogens is 4. The van der Waals surface area contributed by atoms with Gasteiger partial charge in [-0.2, -0.15) is 0 Å². The van der Waals surface area contributed by atoms with E-state index in [1.54, 1.807) is 18.2 Å². The van der Waals surface area contributed by atoms with Crippen LogP contribution < -0.4 is 0 Å². The molecule has 0 aliphatic carbocycles. The van der Waals surface area contributed by atoms with Gasteiger partial charge in [-0.15, -0.1) is 0 Å². The van der Waals surface area contributed by atoms with Gasteiger partial charge in [0.15, 0.2) is 0 Å². The summed E-state index contributed by atoms with van der Waals surface area (Å²) < 4.78 is 13.2. The van der Waals surface area contributed by atoms with Crippen molar-refractivity contribution in [1.29, 1.82) is 0 Å². The highest BCUT2D eigenvalue weighted by Gasteiger charge is 2.20. The zero-order valence-corrected chi connectivity index (χ0v) is 11.3. The van der Waals surface area contributed by atoms with Gasteiger partial charge in [0, 0.05) is 26.2 Å². The third-order valence-corrected chi connectivity index (χ3v) is 3.53. The molecule has 0 bridgehead atoms. The van der Waals surface area contributed by atoms with Crippen molar-refractivity contribution < 1.29 is 9.50 Å². The maximum Gasteiger partial charge on any atom is 0.123 e. The third-order valence-electron chi connectivity index (χ3n) is 2.53. The lowest BCUT2D eigenvalue weighted by Gasteiger charge is -2.16. The topological polar surface area (TPSA) is 20.2 Å². The fraction of sp³-hybridized carbons (Fsp3) is 0.0769. The Morgan fingerprint density at radius 2 is 1.56 bits per heavy atom. The molecule has 0 saturated heterocycles. The van der Waals surface area contributed by atoms with Crippen molar-refractivity contribution in [3.8, 4) is 0 Å². The Balaban J connectivity index is 2.54. The highest BCUT2D eigenvalue weighted by Crippen LogP contribution is 2.36. The van der Waals surface area contributed by atoms with Crippen LogP contribution in [0.5, 0.6) is 0 Å². The summed E-state index contributed by atoms with van der Waals surface area (Å²) in [4.78, 5) is 0. The molecule has 0 heterocycles. The molecule has 1 atom stereocenters. The predicted molar refractivity (Wildman–Crippen MR) is 71.9 cm³/mol. The Morgan fingerprint density at radius 3 is 2.17 bits per heavy atom. The van der Waals surface area contributed by atoms with Crippen LogP contribution in [0.2, 0.25) is 15.1 Å². The quantitative estimate of drug-likeness (QED) is 0.839. The van der Waals surface area contributed by atoms with Gasteiger partial charge in [0.2, 0.25) is 0 Å². The summed E-state index contributed by atoms with van der Waals surface area (Å²) in [7, 11) is 0. The first-order chi connectivity index (χ1) is 8.50. The number of rotatable bonds is 2. The molecule has 0 radical (unpaired) electrons. The molecule has 1 unspecified atom stereocenters. The summed E-state index contributed by atoms with van der Waals surface area (Å²) in [6, 6.07) is 8.60. The normalized spacial score (nSPS) is 12.5. The van der Waals surface area contributed by atoms with Crippen LogP contribution in [-0.2, 0) is 0 Å². The van der Waals surface area contributed by atoms with E-state index in [0.717, 1.165) is 6.07 Å². The van der Waals surface area contributed by atoms with E-state index in [2.05, 4.69) is 0 Å². The molecular weight excluding hydrogens is 297 g/mol. The second kappa shape index (κ2) is 5.45. The SMILES string of the molecule is OC(c1cc(F)ccc1Cl)c1c(Cl)cccc1Cl. The molecule has 2 aromatic rings. The molecule has 0 aliphatic heterocycles. The van der Waals surface area contributed by atoms with E-state index >= 15 is 0 Å². The number of aliphatic hydroxyl groups excluding tert-OH is 1. The van der Waals surface area contributed by atoms with Gasteiger partial charge in [-0.05, 0) is 30.3 Å². The lowest BCUT2D eigenvalue weighted by atomic mass is 10.0. The fourth-order valence-corrected chi connectivity index (χ4v) is 2.48. The Hall–Kier alpha value is -0.800. The van der Waals surface area contributed by atoms with Crippen LogP contribution in [-0.4, -0.2) is 5.11 Å². The van der Waals surface area contributed by atoms with Crippen molar-refractivity contribution in [2.75, 3.05) is 0 Å². The Labute approximate surface area is 119 Å². The highest BCUT2D eigenvalue weighted by molar-refractivity contribution is 6.36. The summed E-state index contributed by atoms with van der Waals surface area (Å²) in [6.07, 6.45) is -1.17. The van der Waals surface area contributed by atoms with Gasteiger partial charge in [0.05, 0.1) is 0 Å². The molecule has 0 spiro atoms. The lowest BCUT2D eigenvalue weighted by molar-refractivity contribution is 0.220. The van der Waals surface area contributed by atoms with Crippen LogP contribution in [0, 0.1) is 5.82 Å². The maximum atomic E-state index is 13.2. The minimum Gasteiger partial charge on any atom is -0.383 e. The number of hydrogen-bond donors (Lipinski definition) is 1. The maximum absolute atomic E-state index is 13.2. The second-order valence-corrected chi connectivity index (χ2v) is 4.93. The summed E-state index contributed by atoms with van der Waals surface area (Å²) in [6.45, 7) is 0. The van der Waals surface area contributed by atoms with Gasteiger partial charge >= 0.3 is 0 Å². The van der Waals surface area contributed by atoms with E-state index in [0.29, 0.717) is 15.6 Å². The van der Waals surface area contributed by atoms with Gasteiger partial charge in [0.1, 0.15) is 11.9 Å². The van der Waals surface area contributed by atoms with Crippen molar-refractivity contribution in [1.82, 2.24) is 0 Å². The van der Waals surface area contributed by atoms with E-state index in [1.807, 2.05) is 0 Å². The summed E-state index contributed by atoms with van der Waals surface area (Å²) in [5.41, 5.74) is 0.542. The van der Waals surface area contributed by atoms with Crippen LogP contribution in [0.15, 0.2) is 36.4 Å². The first kappa shape index (κ1) is 13.6. The predicted octanol–water partition coefficient (Wildman–Crippen LogP) is 4.87. The largest absolute Gasteiger partial charge is 0.383 e. The fourth-order valence-electron chi connectivity index (χ4n) is 1.65. The molecule has 5 heteroatoms. The summed E-state index contributed by atoms with van der Waals surface area (Å²) in [5.74, 6) is -0.489. The first-order valence-corrected chi connectivity index (χ1v) is 6.21. The molecule has 1 N–H and O–H groups in total. The molecule has 18 heavy (non-hydrogen) atoms. The van der Waals surface area contributed by atoms with Gasteiger partial charge in [-0.3, -0.25) is 0 Å². The van der Waals surface area contributed by atoms with Crippen LogP contribution in [0.4, 0.5) is 4.39 Å². The average Bonchev–Trinajstić information content (AvgIpc) is 2.32. The van der Waals surface area contributed by atoms with Crippen molar-refractivity contribution in [3.63, 3.8) is 0 Å². The molecule has 0 aliphatic rings. The minimum absolute atomic E-state index is 0.228. The van der Waals surface area contributed by atoms with E-state index in [1.165, 1.54) is 12.1 Å². The standard InChI is InChI=1S/C13H8Cl3FO/c14-9-5-4-7(17)6-8(9)13(18)12-10(15)2-1-3-11(12)16/h1-6,13,18H. The van der Waals surface area contributed by atoms with Crippen molar-refractivity contribution in [2.24, 2.45) is 0 Å². The second-order valence-electron chi connectivity index (χ2n) is 3.70. The van der Waals surface area contributed by atoms with Crippen molar-refractivity contribution in [3.05, 3.63) is 68.4 Å². The van der Waals surface area contributed by atoms with E-state index < -0.39 is 11.9 Å². The molecule has 2 rings (SSSR count). The van der Waals surface area contributed by atoms with Crippen LogP contribution >= 0.6 is 34.8 Å². The molecule has 2 aromatic carbocycles. The van der Waals surface area contributed by atoms with Gasteiger partial charge in [0.25, 0.3) is 0 Å². The molecule has 0 aromatic heterocycles. The Kier molecular flexibility index (Phi) is 4.13.